The van der Waals surface area contributed by atoms with Crippen LogP contribution in [0.5, 0.6) is 0 Å². The van der Waals surface area contributed by atoms with Crippen molar-refractivity contribution in [3.8, 4) is 0 Å². The van der Waals surface area contributed by atoms with E-state index in [0.29, 0.717) is 0 Å². The van der Waals surface area contributed by atoms with E-state index >= 15 is 0 Å². The van der Waals surface area contributed by atoms with Crippen LogP contribution in [0.15, 0.2) is 34.1 Å². The molecular weight excluding hydrogens is 346 g/mol. The van der Waals surface area contributed by atoms with Gasteiger partial charge in [-0.2, -0.15) is 0 Å². The third-order valence-electron chi connectivity index (χ3n) is 4.24. The Morgan fingerprint density at radius 1 is 1.43 bits per heavy atom. The smallest absolute Gasteiger partial charge is 0.254 e. The first-order chi connectivity index (χ1) is 10.1. The summed E-state index contributed by atoms with van der Waals surface area (Å²) < 4.78 is 0.995. The highest BCUT2D eigenvalue weighted by molar-refractivity contribution is 9.10. The largest absolute Gasteiger partial charge is 0.331 e. The summed E-state index contributed by atoms with van der Waals surface area (Å²) in [5.74, 6) is 0.150. The van der Waals surface area contributed by atoms with E-state index in [1.807, 2.05) is 41.4 Å². The van der Waals surface area contributed by atoms with Crippen LogP contribution in [-0.2, 0) is 6.42 Å². The van der Waals surface area contributed by atoms with Crippen molar-refractivity contribution in [1.82, 2.24) is 4.90 Å². The lowest BCUT2D eigenvalue weighted by molar-refractivity contribution is 0.0656. The second-order valence-electron chi connectivity index (χ2n) is 5.38. The lowest BCUT2D eigenvalue weighted by Crippen LogP contribution is -2.39. The number of rotatable bonds is 2. The zero-order chi connectivity index (χ0) is 15.0. The van der Waals surface area contributed by atoms with Crippen LogP contribution in [0.2, 0.25) is 0 Å². The monoisotopic (exact) mass is 363 g/mol. The maximum atomic E-state index is 13.0. The van der Waals surface area contributed by atoms with Gasteiger partial charge in [0.15, 0.2) is 0 Å². The van der Waals surface area contributed by atoms with Crippen molar-refractivity contribution in [3.05, 3.63) is 55.7 Å². The Morgan fingerprint density at radius 3 is 3.00 bits per heavy atom. The number of halogens is 1. The standard InChI is InChI=1S/C17H18BrNOS/c1-3-15-13-8-10-21-16(13)7-9-19(15)17(20)12-5-4-6-14(18)11(12)2/h4-6,8,10,15H,3,7,9H2,1-2H3. The van der Waals surface area contributed by atoms with Gasteiger partial charge >= 0.3 is 0 Å². The van der Waals surface area contributed by atoms with Crippen LogP contribution in [0, 0.1) is 6.92 Å². The average Bonchev–Trinajstić information content (AvgIpc) is 2.96. The van der Waals surface area contributed by atoms with Gasteiger partial charge in [-0.05, 0) is 54.5 Å². The number of amides is 1. The molecule has 3 rings (SSSR count). The van der Waals surface area contributed by atoms with Crippen molar-refractivity contribution in [2.75, 3.05) is 6.54 Å². The molecule has 1 aliphatic rings. The molecule has 0 bridgehead atoms. The number of fused-ring (bicyclic) bond motifs is 1. The normalized spacial score (nSPS) is 17.7. The van der Waals surface area contributed by atoms with E-state index in [1.54, 1.807) is 0 Å². The molecule has 4 heteroatoms. The van der Waals surface area contributed by atoms with Crippen LogP contribution in [0.3, 0.4) is 0 Å². The van der Waals surface area contributed by atoms with E-state index in [9.17, 15) is 4.79 Å². The number of nitrogens with zero attached hydrogens (tertiary/aromatic N) is 1. The molecule has 1 aromatic heterocycles. The molecule has 0 aliphatic carbocycles. The maximum absolute atomic E-state index is 13.0. The summed E-state index contributed by atoms with van der Waals surface area (Å²) >= 11 is 5.34. The Balaban J connectivity index is 1.97. The van der Waals surface area contributed by atoms with Gasteiger partial charge in [-0.15, -0.1) is 11.3 Å². The number of benzene rings is 1. The van der Waals surface area contributed by atoms with Crippen LogP contribution in [0.4, 0.5) is 0 Å². The van der Waals surface area contributed by atoms with Gasteiger partial charge in [0.1, 0.15) is 0 Å². The van der Waals surface area contributed by atoms with Crippen molar-refractivity contribution >= 4 is 33.2 Å². The molecule has 0 N–H and O–H groups in total. The number of hydrogen-bond acceptors (Lipinski definition) is 2. The van der Waals surface area contributed by atoms with Gasteiger partial charge in [-0.25, -0.2) is 0 Å². The van der Waals surface area contributed by atoms with Crippen LogP contribution in [0.25, 0.3) is 0 Å². The third-order valence-corrected chi connectivity index (χ3v) is 6.10. The molecule has 1 unspecified atom stereocenters. The van der Waals surface area contributed by atoms with Gasteiger partial charge in [-0.3, -0.25) is 4.79 Å². The Bertz CT molecular complexity index is 679. The van der Waals surface area contributed by atoms with Gasteiger partial charge in [0.2, 0.25) is 0 Å². The predicted octanol–water partition coefficient (Wildman–Crippen LogP) is 4.97. The molecular formula is C17H18BrNOS. The highest BCUT2D eigenvalue weighted by Gasteiger charge is 2.31. The van der Waals surface area contributed by atoms with Crippen molar-refractivity contribution in [2.45, 2.75) is 32.7 Å². The summed E-state index contributed by atoms with van der Waals surface area (Å²) in [6.45, 7) is 4.97. The second kappa shape index (κ2) is 5.93. The molecule has 1 amide bonds. The molecule has 2 aromatic rings. The Labute approximate surface area is 137 Å². The third kappa shape index (κ3) is 2.55. The van der Waals surface area contributed by atoms with Crippen LogP contribution >= 0.6 is 27.3 Å². The van der Waals surface area contributed by atoms with E-state index in [4.69, 9.17) is 0 Å². The molecule has 1 aromatic carbocycles. The van der Waals surface area contributed by atoms with Crippen molar-refractivity contribution in [2.24, 2.45) is 0 Å². The molecule has 0 spiro atoms. The maximum Gasteiger partial charge on any atom is 0.254 e. The Hall–Kier alpha value is -1.13. The van der Waals surface area contributed by atoms with E-state index in [-0.39, 0.29) is 11.9 Å². The number of carbonyl (C=O) groups is 1. The number of carbonyl (C=O) groups excluding carboxylic acids is 1. The van der Waals surface area contributed by atoms with Crippen LogP contribution in [0.1, 0.15) is 45.7 Å². The highest BCUT2D eigenvalue weighted by Crippen LogP contribution is 2.36. The van der Waals surface area contributed by atoms with Crippen LogP contribution < -0.4 is 0 Å². The first kappa shape index (κ1) is 14.8. The summed E-state index contributed by atoms with van der Waals surface area (Å²) in [4.78, 5) is 16.5. The minimum Gasteiger partial charge on any atom is -0.331 e. The molecule has 0 saturated carbocycles. The van der Waals surface area contributed by atoms with E-state index < -0.39 is 0 Å². The first-order valence-corrected chi connectivity index (χ1v) is 8.93. The lowest BCUT2D eigenvalue weighted by Gasteiger charge is -2.36. The summed E-state index contributed by atoms with van der Waals surface area (Å²) in [6.07, 6.45) is 1.94. The van der Waals surface area contributed by atoms with E-state index in [2.05, 4.69) is 34.3 Å². The summed E-state index contributed by atoms with van der Waals surface area (Å²) in [7, 11) is 0. The zero-order valence-corrected chi connectivity index (χ0v) is 14.6. The molecule has 0 saturated heterocycles. The summed E-state index contributed by atoms with van der Waals surface area (Å²) in [5.41, 5.74) is 3.17. The highest BCUT2D eigenvalue weighted by atomic mass is 79.9. The van der Waals surface area contributed by atoms with Gasteiger partial charge in [0, 0.05) is 21.5 Å². The molecule has 2 nitrogen and oxygen atoms in total. The molecule has 1 aliphatic heterocycles. The zero-order valence-electron chi connectivity index (χ0n) is 12.2. The molecule has 0 fully saturated rings. The average molecular weight is 364 g/mol. The fourth-order valence-corrected chi connectivity index (χ4v) is 4.37. The Morgan fingerprint density at radius 2 is 2.24 bits per heavy atom. The molecule has 2 heterocycles. The topological polar surface area (TPSA) is 20.3 Å². The van der Waals surface area contributed by atoms with E-state index in [1.165, 1.54) is 10.4 Å². The second-order valence-corrected chi connectivity index (χ2v) is 7.24. The number of hydrogen-bond donors (Lipinski definition) is 0. The summed E-state index contributed by atoms with van der Waals surface area (Å²) in [5, 5.41) is 2.14. The van der Waals surface area contributed by atoms with Crippen LogP contribution in [-0.4, -0.2) is 17.4 Å². The van der Waals surface area contributed by atoms with Crippen molar-refractivity contribution < 1.29 is 4.79 Å². The predicted molar refractivity (Wildman–Crippen MR) is 91.0 cm³/mol. The van der Waals surface area contributed by atoms with Gasteiger partial charge in [-0.1, -0.05) is 28.9 Å². The van der Waals surface area contributed by atoms with Gasteiger partial charge in [0.25, 0.3) is 5.91 Å². The van der Waals surface area contributed by atoms with E-state index in [0.717, 1.165) is 35.0 Å². The Kier molecular flexibility index (Phi) is 4.18. The van der Waals surface area contributed by atoms with Gasteiger partial charge in [0.05, 0.1) is 6.04 Å². The fourth-order valence-electron chi connectivity index (χ4n) is 3.07. The minimum absolute atomic E-state index is 0.150. The van der Waals surface area contributed by atoms with Crippen molar-refractivity contribution in [1.29, 1.82) is 0 Å². The molecule has 110 valence electrons. The minimum atomic E-state index is 0.150. The number of thiophene rings is 1. The quantitative estimate of drug-likeness (QED) is 0.737. The SMILES string of the molecule is CCC1c2ccsc2CCN1C(=O)c1cccc(Br)c1C. The van der Waals surface area contributed by atoms with Crippen molar-refractivity contribution in [3.63, 3.8) is 0 Å². The molecule has 1 atom stereocenters. The fraction of sp³-hybridized carbons (Fsp3) is 0.353. The first-order valence-electron chi connectivity index (χ1n) is 7.25. The van der Waals surface area contributed by atoms with Gasteiger partial charge < -0.3 is 4.90 Å². The lowest BCUT2D eigenvalue weighted by atomic mass is 9.96. The summed E-state index contributed by atoms with van der Waals surface area (Å²) in [6, 6.07) is 8.24. The molecule has 0 radical (unpaired) electrons. The molecule has 21 heavy (non-hydrogen) atoms.